The molecular formula is C18H30N4O3. The summed E-state index contributed by atoms with van der Waals surface area (Å²) in [5, 5.41) is 6.43. The Bertz CT molecular complexity index is 547. The van der Waals surface area contributed by atoms with E-state index in [0.29, 0.717) is 37.3 Å². The van der Waals surface area contributed by atoms with Gasteiger partial charge in [-0.2, -0.15) is 0 Å². The Morgan fingerprint density at radius 2 is 2.08 bits per heavy atom. The maximum absolute atomic E-state index is 10.8. The van der Waals surface area contributed by atoms with Gasteiger partial charge < -0.3 is 25.8 Å². The second-order valence-corrected chi connectivity index (χ2v) is 6.05. The molecule has 0 saturated carbocycles. The van der Waals surface area contributed by atoms with Crippen molar-refractivity contribution in [2.75, 3.05) is 33.4 Å². The molecule has 0 aliphatic rings. The highest BCUT2D eigenvalue weighted by Crippen LogP contribution is 2.12. The first-order valence-corrected chi connectivity index (χ1v) is 8.53. The van der Waals surface area contributed by atoms with E-state index >= 15 is 0 Å². The van der Waals surface area contributed by atoms with E-state index in [0.717, 1.165) is 18.6 Å². The molecule has 7 nitrogen and oxygen atoms in total. The zero-order valence-corrected chi connectivity index (χ0v) is 15.4. The van der Waals surface area contributed by atoms with Gasteiger partial charge >= 0.3 is 0 Å². The minimum absolute atomic E-state index is 0.128. The predicted octanol–water partition coefficient (Wildman–Crippen LogP) is 1.28. The maximum atomic E-state index is 10.8. The molecule has 4 N–H and O–H groups in total. The number of carbonyl (C=O) groups is 1. The molecular weight excluding hydrogens is 320 g/mol. The van der Waals surface area contributed by atoms with Crippen LogP contribution in [0.4, 0.5) is 0 Å². The highest BCUT2D eigenvalue weighted by atomic mass is 16.5. The fraction of sp³-hybridized carbons (Fsp3) is 0.556. The molecule has 1 amide bonds. The van der Waals surface area contributed by atoms with Crippen LogP contribution in [-0.4, -0.2) is 45.3 Å². The van der Waals surface area contributed by atoms with Gasteiger partial charge in [-0.25, -0.2) is 0 Å². The van der Waals surface area contributed by atoms with E-state index in [2.05, 4.69) is 29.5 Å². The standard InChI is InChI=1S/C18H30N4O3/c1-14(2)7-9-24-10-8-21-18(20-3)22-12-15-5-4-6-16(11-15)25-13-17(19)23/h4-6,11,14H,7-10,12-13H2,1-3H3,(H2,19,23)(H2,20,21,22). The Morgan fingerprint density at radius 3 is 2.76 bits per heavy atom. The largest absolute Gasteiger partial charge is 0.484 e. The summed E-state index contributed by atoms with van der Waals surface area (Å²) < 4.78 is 10.9. The lowest BCUT2D eigenvalue weighted by molar-refractivity contribution is -0.119. The Kier molecular flexibility index (Phi) is 10.1. The fourth-order valence-corrected chi connectivity index (χ4v) is 1.97. The van der Waals surface area contributed by atoms with E-state index in [1.54, 1.807) is 13.1 Å². The summed E-state index contributed by atoms with van der Waals surface area (Å²) in [6.45, 7) is 6.94. The van der Waals surface area contributed by atoms with Crippen LogP contribution in [0, 0.1) is 5.92 Å². The van der Waals surface area contributed by atoms with Gasteiger partial charge in [-0.3, -0.25) is 9.79 Å². The average molecular weight is 350 g/mol. The molecule has 1 aromatic rings. The third-order valence-corrected chi connectivity index (χ3v) is 3.34. The average Bonchev–Trinajstić information content (AvgIpc) is 2.58. The van der Waals surface area contributed by atoms with Crippen LogP contribution in [0.3, 0.4) is 0 Å². The molecule has 0 aromatic heterocycles. The number of nitrogens with two attached hydrogens (primary N) is 1. The molecule has 0 bridgehead atoms. The van der Waals surface area contributed by atoms with E-state index in [1.165, 1.54) is 0 Å². The van der Waals surface area contributed by atoms with Gasteiger partial charge in [-0.15, -0.1) is 0 Å². The van der Waals surface area contributed by atoms with Crippen LogP contribution >= 0.6 is 0 Å². The first kappa shape index (κ1) is 20.8. The number of hydrogen-bond acceptors (Lipinski definition) is 4. The van der Waals surface area contributed by atoms with E-state index in [1.807, 2.05) is 18.2 Å². The molecule has 0 atom stereocenters. The van der Waals surface area contributed by atoms with Crippen LogP contribution < -0.4 is 21.1 Å². The van der Waals surface area contributed by atoms with E-state index in [9.17, 15) is 4.79 Å². The lowest BCUT2D eigenvalue weighted by Gasteiger charge is -2.13. The zero-order valence-electron chi connectivity index (χ0n) is 15.4. The highest BCUT2D eigenvalue weighted by molar-refractivity contribution is 5.79. The van der Waals surface area contributed by atoms with Crippen molar-refractivity contribution >= 4 is 11.9 Å². The number of carbonyl (C=O) groups excluding carboxylic acids is 1. The number of nitrogens with zero attached hydrogens (tertiary/aromatic N) is 1. The summed E-state index contributed by atoms with van der Waals surface area (Å²) in [4.78, 5) is 14.9. The lowest BCUT2D eigenvalue weighted by Crippen LogP contribution is -2.38. The summed E-state index contributed by atoms with van der Waals surface area (Å²) in [5.41, 5.74) is 6.09. The number of amides is 1. The minimum atomic E-state index is -0.497. The van der Waals surface area contributed by atoms with Crippen molar-refractivity contribution in [3.63, 3.8) is 0 Å². The summed E-state index contributed by atoms with van der Waals surface area (Å²) in [6.07, 6.45) is 1.07. The van der Waals surface area contributed by atoms with Crippen LogP contribution in [0.1, 0.15) is 25.8 Å². The molecule has 140 valence electrons. The smallest absolute Gasteiger partial charge is 0.255 e. The van der Waals surface area contributed by atoms with Crippen molar-refractivity contribution in [2.24, 2.45) is 16.6 Å². The molecule has 1 rings (SSSR count). The second kappa shape index (κ2) is 12.1. The van der Waals surface area contributed by atoms with Gasteiger partial charge in [0.2, 0.25) is 0 Å². The van der Waals surface area contributed by atoms with Gasteiger partial charge in [0.15, 0.2) is 12.6 Å². The van der Waals surface area contributed by atoms with Gasteiger partial charge in [0, 0.05) is 26.7 Å². The van der Waals surface area contributed by atoms with Gasteiger partial charge in [-0.05, 0) is 30.0 Å². The zero-order chi connectivity index (χ0) is 18.5. The summed E-state index contributed by atoms with van der Waals surface area (Å²) in [6, 6.07) is 7.48. The Morgan fingerprint density at radius 1 is 1.28 bits per heavy atom. The van der Waals surface area contributed by atoms with Crippen LogP contribution in [0.15, 0.2) is 29.3 Å². The van der Waals surface area contributed by atoms with Crippen molar-refractivity contribution < 1.29 is 14.3 Å². The van der Waals surface area contributed by atoms with Gasteiger partial charge in [0.1, 0.15) is 5.75 Å². The minimum Gasteiger partial charge on any atom is -0.484 e. The van der Waals surface area contributed by atoms with Crippen LogP contribution in [0.5, 0.6) is 5.75 Å². The normalized spacial score (nSPS) is 11.4. The van der Waals surface area contributed by atoms with E-state index in [-0.39, 0.29) is 6.61 Å². The Hall–Kier alpha value is -2.28. The third kappa shape index (κ3) is 10.2. The molecule has 0 radical (unpaired) electrons. The second-order valence-electron chi connectivity index (χ2n) is 6.05. The molecule has 0 spiro atoms. The Labute approximate surface area is 150 Å². The van der Waals surface area contributed by atoms with Crippen LogP contribution in [0.25, 0.3) is 0 Å². The monoisotopic (exact) mass is 350 g/mol. The van der Waals surface area contributed by atoms with Crippen molar-refractivity contribution in [1.82, 2.24) is 10.6 Å². The van der Waals surface area contributed by atoms with Gasteiger partial charge in [0.05, 0.1) is 6.61 Å². The molecule has 0 fully saturated rings. The van der Waals surface area contributed by atoms with Crippen molar-refractivity contribution in [3.8, 4) is 5.75 Å². The van der Waals surface area contributed by atoms with Crippen molar-refractivity contribution in [1.29, 1.82) is 0 Å². The van der Waals surface area contributed by atoms with Gasteiger partial charge in [0.25, 0.3) is 5.91 Å². The number of nitrogens with one attached hydrogen (secondary N) is 2. The summed E-state index contributed by atoms with van der Waals surface area (Å²) >= 11 is 0. The van der Waals surface area contributed by atoms with Crippen molar-refractivity contribution in [3.05, 3.63) is 29.8 Å². The summed E-state index contributed by atoms with van der Waals surface area (Å²) in [5.74, 6) is 1.48. The van der Waals surface area contributed by atoms with Crippen LogP contribution in [-0.2, 0) is 16.1 Å². The topological polar surface area (TPSA) is 98.0 Å². The first-order valence-electron chi connectivity index (χ1n) is 8.53. The molecule has 7 heteroatoms. The molecule has 0 aliphatic carbocycles. The number of guanidine groups is 1. The molecule has 0 saturated heterocycles. The first-order chi connectivity index (χ1) is 12.0. The molecule has 1 aromatic carbocycles. The fourth-order valence-electron chi connectivity index (χ4n) is 1.97. The number of aliphatic imine (C=N–C) groups is 1. The molecule has 25 heavy (non-hydrogen) atoms. The van der Waals surface area contributed by atoms with Crippen molar-refractivity contribution in [2.45, 2.75) is 26.8 Å². The number of primary amides is 1. The number of rotatable bonds is 11. The Balaban J connectivity index is 2.30. The highest BCUT2D eigenvalue weighted by Gasteiger charge is 2.02. The molecule has 0 aliphatic heterocycles. The van der Waals surface area contributed by atoms with E-state index in [4.69, 9.17) is 15.2 Å². The third-order valence-electron chi connectivity index (χ3n) is 3.34. The van der Waals surface area contributed by atoms with Crippen LogP contribution in [0.2, 0.25) is 0 Å². The lowest BCUT2D eigenvalue weighted by atomic mass is 10.1. The maximum Gasteiger partial charge on any atom is 0.255 e. The SMILES string of the molecule is CN=C(NCCOCCC(C)C)NCc1cccc(OCC(N)=O)c1. The number of benzene rings is 1. The molecule has 0 unspecified atom stereocenters. The number of ether oxygens (including phenoxy) is 2. The quantitative estimate of drug-likeness (QED) is 0.317. The van der Waals surface area contributed by atoms with Gasteiger partial charge in [-0.1, -0.05) is 26.0 Å². The number of hydrogen-bond donors (Lipinski definition) is 3. The summed E-state index contributed by atoms with van der Waals surface area (Å²) in [7, 11) is 1.72. The molecule has 0 heterocycles. The predicted molar refractivity (Wildman–Crippen MR) is 99.6 cm³/mol. The van der Waals surface area contributed by atoms with E-state index < -0.39 is 5.91 Å².